The van der Waals surface area contributed by atoms with Crippen LogP contribution in [-0.2, 0) is 26.2 Å². The first-order chi connectivity index (χ1) is 19.0. The van der Waals surface area contributed by atoms with E-state index in [4.69, 9.17) is 9.47 Å². The summed E-state index contributed by atoms with van der Waals surface area (Å²) in [6, 6.07) is 16.6. The third-order valence-electron chi connectivity index (χ3n) is 6.14. The van der Waals surface area contributed by atoms with Crippen molar-refractivity contribution in [2.75, 3.05) is 25.1 Å². The first-order valence-corrected chi connectivity index (χ1v) is 14.1. The molecule has 0 fully saturated rings. The molecule has 0 heterocycles. The van der Waals surface area contributed by atoms with Crippen LogP contribution in [0.1, 0.15) is 26.3 Å². The third-order valence-corrected chi connectivity index (χ3v) is 7.92. The van der Waals surface area contributed by atoms with Crippen molar-refractivity contribution in [2.45, 2.75) is 44.3 Å². The van der Waals surface area contributed by atoms with Gasteiger partial charge in [-0.25, -0.2) is 12.8 Å². The van der Waals surface area contributed by atoms with Gasteiger partial charge >= 0.3 is 0 Å². The Labute approximate surface area is 234 Å². The van der Waals surface area contributed by atoms with Gasteiger partial charge in [0.15, 0.2) is 0 Å². The van der Waals surface area contributed by atoms with Crippen LogP contribution < -0.4 is 19.1 Å². The van der Waals surface area contributed by atoms with E-state index >= 15 is 0 Å². The molecule has 0 radical (unpaired) electrons. The quantitative estimate of drug-likeness (QED) is 0.353. The predicted octanol–water partition coefficient (Wildman–Crippen LogP) is 3.98. The lowest BCUT2D eigenvalue weighted by molar-refractivity contribution is -0.139. The maximum Gasteiger partial charge on any atom is 0.264 e. The highest BCUT2D eigenvalue weighted by Gasteiger charge is 2.34. The fourth-order valence-corrected chi connectivity index (χ4v) is 5.42. The van der Waals surface area contributed by atoms with Gasteiger partial charge in [0, 0.05) is 12.6 Å². The maximum absolute atomic E-state index is 13.9. The topological polar surface area (TPSA) is 105 Å². The van der Waals surface area contributed by atoms with Crippen molar-refractivity contribution in [3.8, 4) is 11.5 Å². The van der Waals surface area contributed by atoms with Crippen LogP contribution in [0, 0.1) is 5.82 Å². The fraction of sp³-hybridized carbons (Fsp3) is 0.310. The average molecular weight is 572 g/mol. The zero-order valence-electron chi connectivity index (χ0n) is 23.1. The Hall–Kier alpha value is -4.12. The molecule has 2 amide bonds. The second-order valence-electron chi connectivity index (χ2n) is 9.35. The smallest absolute Gasteiger partial charge is 0.264 e. The molecular formula is C29H34FN3O6S. The predicted molar refractivity (Wildman–Crippen MR) is 150 cm³/mol. The third kappa shape index (κ3) is 7.29. The van der Waals surface area contributed by atoms with Crippen LogP contribution in [0.25, 0.3) is 0 Å². The summed E-state index contributed by atoms with van der Waals surface area (Å²) in [5.41, 5.74) is 0.719. The Kier molecular flexibility index (Phi) is 10.1. The summed E-state index contributed by atoms with van der Waals surface area (Å²) in [5, 5.41) is 2.79. The number of sulfonamides is 1. The normalized spacial score (nSPS) is 12.0. The molecule has 0 aliphatic rings. The van der Waals surface area contributed by atoms with Gasteiger partial charge in [0.05, 0.1) is 24.8 Å². The number of benzene rings is 3. The molecule has 0 aliphatic heterocycles. The van der Waals surface area contributed by atoms with Crippen molar-refractivity contribution in [1.29, 1.82) is 0 Å². The van der Waals surface area contributed by atoms with Crippen molar-refractivity contribution in [3.05, 3.63) is 84.2 Å². The number of amides is 2. The molecule has 0 saturated carbocycles. The number of para-hydroxylation sites is 2. The Morgan fingerprint density at radius 3 is 2.10 bits per heavy atom. The molecule has 0 aromatic heterocycles. The number of nitrogens with one attached hydrogen (secondary N) is 1. The fourth-order valence-electron chi connectivity index (χ4n) is 4.00. The summed E-state index contributed by atoms with van der Waals surface area (Å²) in [4.78, 5) is 28.1. The van der Waals surface area contributed by atoms with Crippen molar-refractivity contribution < 1.29 is 31.9 Å². The van der Waals surface area contributed by atoms with Gasteiger partial charge in [-0.3, -0.25) is 13.9 Å². The lowest BCUT2D eigenvalue weighted by Gasteiger charge is -2.32. The molecule has 40 heavy (non-hydrogen) atoms. The monoisotopic (exact) mass is 571 g/mol. The molecule has 9 nitrogen and oxygen atoms in total. The summed E-state index contributed by atoms with van der Waals surface area (Å²) in [7, 11) is -1.41. The Bertz CT molecular complexity index is 1410. The van der Waals surface area contributed by atoms with Crippen molar-refractivity contribution in [1.82, 2.24) is 10.2 Å². The number of carbonyl (C=O) groups is 2. The highest BCUT2D eigenvalue weighted by molar-refractivity contribution is 7.92. The number of hydrogen-bond donors (Lipinski definition) is 1. The minimum Gasteiger partial charge on any atom is -0.497 e. The first kappa shape index (κ1) is 30.4. The summed E-state index contributed by atoms with van der Waals surface area (Å²) in [6.45, 7) is 4.47. The zero-order chi connectivity index (χ0) is 29.4. The molecule has 1 N–H and O–H groups in total. The summed E-state index contributed by atoms with van der Waals surface area (Å²) in [6.07, 6.45) is 0. The van der Waals surface area contributed by atoms with Crippen LogP contribution in [0.15, 0.2) is 77.7 Å². The van der Waals surface area contributed by atoms with Crippen molar-refractivity contribution in [3.63, 3.8) is 0 Å². The van der Waals surface area contributed by atoms with Crippen LogP contribution in [-0.4, -0.2) is 58.0 Å². The van der Waals surface area contributed by atoms with E-state index in [2.05, 4.69) is 5.32 Å². The van der Waals surface area contributed by atoms with Crippen LogP contribution in [0.2, 0.25) is 0 Å². The molecule has 0 saturated heterocycles. The molecule has 0 bridgehead atoms. The second kappa shape index (κ2) is 13.3. The highest BCUT2D eigenvalue weighted by atomic mass is 32.2. The molecule has 1 atom stereocenters. The maximum atomic E-state index is 13.9. The van der Waals surface area contributed by atoms with Crippen molar-refractivity contribution in [2.24, 2.45) is 0 Å². The number of anilines is 1. The van der Waals surface area contributed by atoms with Crippen molar-refractivity contribution >= 4 is 27.5 Å². The molecule has 3 aromatic rings. The van der Waals surface area contributed by atoms with Gasteiger partial charge in [0.25, 0.3) is 10.0 Å². The number of nitrogens with zero attached hydrogens (tertiary/aromatic N) is 2. The lowest BCUT2D eigenvalue weighted by atomic mass is 10.1. The van der Waals surface area contributed by atoms with E-state index < -0.39 is 40.2 Å². The van der Waals surface area contributed by atoms with Gasteiger partial charge in [-0.05, 0) is 74.9 Å². The van der Waals surface area contributed by atoms with Gasteiger partial charge in [-0.15, -0.1) is 0 Å². The van der Waals surface area contributed by atoms with E-state index in [1.807, 2.05) is 0 Å². The van der Waals surface area contributed by atoms with E-state index in [0.29, 0.717) is 11.3 Å². The van der Waals surface area contributed by atoms with Gasteiger partial charge in [-0.2, -0.15) is 0 Å². The van der Waals surface area contributed by atoms with Crippen LogP contribution in [0.4, 0.5) is 10.1 Å². The van der Waals surface area contributed by atoms with E-state index in [-0.39, 0.29) is 28.9 Å². The van der Waals surface area contributed by atoms with Gasteiger partial charge in [0.2, 0.25) is 11.8 Å². The number of ether oxygens (including phenoxy) is 2. The number of halogens is 1. The molecule has 11 heteroatoms. The average Bonchev–Trinajstić information content (AvgIpc) is 2.94. The van der Waals surface area contributed by atoms with Crippen LogP contribution >= 0.6 is 0 Å². The van der Waals surface area contributed by atoms with Gasteiger partial charge in [-0.1, -0.05) is 24.3 Å². The van der Waals surface area contributed by atoms with E-state index in [1.165, 1.54) is 73.7 Å². The Balaban J connectivity index is 2.06. The molecule has 0 spiro atoms. The second-order valence-corrected chi connectivity index (χ2v) is 11.2. The molecular weight excluding hydrogens is 537 g/mol. The molecule has 214 valence electrons. The largest absolute Gasteiger partial charge is 0.497 e. The zero-order valence-corrected chi connectivity index (χ0v) is 23.9. The minimum absolute atomic E-state index is 0.0475. The summed E-state index contributed by atoms with van der Waals surface area (Å²) >= 11 is 0. The Morgan fingerprint density at radius 2 is 1.52 bits per heavy atom. The van der Waals surface area contributed by atoms with Gasteiger partial charge < -0.3 is 19.7 Å². The summed E-state index contributed by atoms with van der Waals surface area (Å²) < 4.78 is 53.0. The number of methoxy groups -OCH3 is 2. The number of rotatable bonds is 12. The molecule has 0 unspecified atom stereocenters. The summed E-state index contributed by atoms with van der Waals surface area (Å²) in [5.74, 6) is -0.788. The standard InChI is InChI=1S/C29H34FN3O6S/c1-20(2)31-29(35)21(3)32(18-22-10-12-23(30)13-11-22)28(34)19-33(26-8-6-7-9-27(26)39-5)40(36,37)25-16-14-24(38-4)15-17-25/h6-17,20-21H,18-19H2,1-5H3,(H,31,35)/t21-/m1/s1. The number of carbonyl (C=O) groups excluding carboxylic acids is 2. The molecule has 0 aliphatic carbocycles. The van der Waals surface area contributed by atoms with E-state index in [0.717, 1.165) is 4.31 Å². The minimum atomic E-state index is -4.28. The lowest BCUT2D eigenvalue weighted by Crippen LogP contribution is -2.52. The van der Waals surface area contributed by atoms with E-state index in [1.54, 1.807) is 39.0 Å². The van der Waals surface area contributed by atoms with Crippen LogP contribution in [0.5, 0.6) is 11.5 Å². The highest BCUT2D eigenvalue weighted by Crippen LogP contribution is 2.33. The Morgan fingerprint density at radius 1 is 0.900 bits per heavy atom. The molecule has 3 aromatic carbocycles. The number of hydrogen-bond acceptors (Lipinski definition) is 6. The van der Waals surface area contributed by atoms with Gasteiger partial charge in [0.1, 0.15) is 29.9 Å². The molecule has 3 rings (SSSR count). The SMILES string of the molecule is COc1ccc(S(=O)(=O)N(CC(=O)N(Cc2ccc(F)cc2)[C@H](C)C(=O)NC(C)C)c2ccccc2OC)cc1. The van der Waals surface area contributed by atoms with Crippen LogP contribution in [0.3, 0.4) is 0 Å². The van der Waals surface area contributed by atoms with E-state index in [9.17, 15) is 22.4 Å². The first-order valence-electron chi connectivity index (χ1n) is 12.6.